The van der Waals surface area contributed by atoms with Gasteiger partial charge in [-0.05, 0) is 30.3 Å². The second-order valence-corrected chi connectivity index (χ2v) is 7.78. The molecule has 4 nitrogen and oxygen atoms in total. The maximum absolute atomic E-state index is 12.5. The van der Waals surface area contributed by atoms with Crippen molar-refractivity contribution in [2.75, 3.05) is 0 Å². The van der Waals surface area contributed by atoms with E-state index in [-0.39, 0.29) is 5.91 Å². The summed E-state index contributed by atoms with van der Waals surface area (Å²) >= 11 is 15.3. The van der Waals surface area contributed by atoms with Crippen LogP contribution in [0.15, 0.2) is 40.8 Å². The molecule has 0 aliphatic heterocycles. The number of hydrogen-bond acceptors (Lipinski definition) is 4. The molecule has 0 spiro atoms. The number of rotatable bonds is 1. The van der Waals surface area contributed by atoms with Crippen LogP contribution in [0.4, 0.5) is 0 Å². The van der Waals surface area contributed by atoms with Crippen molar-refractivity contribution in [2.45, 2.75) is 0 Å². The van der Waals surface area contributed by atoms with Crippen LogP contribution in [0.1, 0.15) is 10.4 Å². The minimum atomic E-state index is -0.306. The summed E-state index contributed by atoms with van der Waals surface area (Å²) in [4.78, 5) is 21.5. The molecule has 4 aromatic rings. The van der Waals surface area contributed by atoms with Gasteiger partial charge in [-0.25, -0.2) is 4.98 Å². The van der Waals surface area contributed by atoms with Gasteiger partial charge < -0.3 is 4.57 Å². The first-order valence-electron chi connectivity index (χ1n) is 6.90. The Kier molecular flexibility index (Phi) is 3.92. The zero-order chi connectivity index (χ0) is 16.8. The Morgan fingerprint density at radius 1 is 1.21 bits per heavy atom. The number of fused-ring (bicyclic) bond motifs is 2. The van der Waals surface area contributed by atoms with Crippen LogP contribution in [0.3, 0.4) is 0 Å². The van der Waals surface area contributed by atoms with Crippen molar-refractivity contribution < 1.29 is 4.79 Å². The Bertz CT molecular complexity index is 1170. The molecule has 0 saturated carbocycles. The van der Waals surface area contributed by atoms with E-state index in [9.17, 15) is 4.79 Å². The van der Waals surface area contributed by atoms with Gasteiger partial charge in [0, 0.05) is 12.6 Å². The van der Waals surface area contributed by atoms with Crippen LogP contribution in [-0.4, -0.2) is 15.5 Å². The number of aromatic nitrogens is 2. The van der Waals surface area contributed by atoms with Gasteiger partial charge in [0.1, 0.15) is 0 Å². The van der Waals surface area contributed by atoms with E-state index in [0.29, 0.717) is 20.4 Å². The molecule has 1 amide bonds. The van der Waals surface area contributed by atoms with Gasteiger partial charge in [-0.15, -0.1) is 11.3 Å². The summed E-state index contributed by atoms with van der Waals surface area (Å²) in [5, 5.41) is 1.17. The molecular weight excluding hydrogens is 385 g/mol. The summed E-state index contributed by atoms with van der Waals surface area (Å²) in [7, 11) is 1.82. The van der Waals surface area contributed by atoms with E-state index in [0.717, 1.165) is 20.4 Å². The van der Waals surface area contributed by atoms with E-state index in [2.05, 4.69) is 9.98 Å². The van der Waals surface area contributed by atoms with Gasteiger partial charge >= 0.3 is 0 Å². The minimum absolute atomic E-state index is 0.306. The Labute approximate surface area is 154 Å². The number of halogens is 2. The highest BCUT2D eigenvalue weighted by Gasteiger charge is 2.12. The molecule has 0 aliphatic carbocycles. The standard InChI is InChI=1S/C16H9Cl2N3OS2/c1-21-13-9(17)3-4-10(18)14(13)24-16(21)20-15(22)8-2-5-11-12(6-8)23-7-19-11/h2-7H,1H3. The first kappa shape index (κ1) is 15.8. The van der Waals surface area contributed by atoms with Gasteiger partial charge in [-0.1, -0.05) is 34.5 Å². The molecular formula is C16H9Cl2N3OS2. The number of hydrogen-bond donors (Lipinski definition) is 0. The molecule has 0 N–H and O–H groups in total. The van der Waals surface area contributed by atoms with Gasteiger partial charge in [-0.2, -0.15) is 4.99 Å². The molecule has 0 bridgehead atoms. The SMILES string of the molecule is Cn1c(=NC(=O)c2ccc3ncsc3c2)sc2c(Cl)ccc(Cl)c21. The zero-order valence-corrected chi connectivity index (χ0v) is 15.4. The average Bonchev–Trinajstić information content (AvgIpc) is 3.16. The number of nitrogens with zero attached hydrogens (tertiary/aromatic N) is 3. The maximum Gasteiger partial charge on any atom is 0.279 e. The fourth-order valence-corrected chi connectivity index (χ4v) is 4.80. The van der Waals surface area contributed by atoms with Crippen molar-refractivity contribution >= 4 is 72.2 Å². The van der Waals surface area contributed by atoms with Gasteiger partial charge in [0.15, 0.2) is 4.80 Å². The lowest BCUT2D eigenvalue weighted by molar-refractivity contribution is 0.0998. The smallest absolute Gasteiger partial charge is 0.279 e. The highest BCUT2D eigenvalue weighted by Crippen LogP contribution is 2.31. The number of carbonyl (C=O) groups excluding carboxylic acids is 1. The molecule has 24 heavy (non-hydrogen) atoms. The third-order valence-electron chi connectivity index (χ3n) is 3.63. The molecule has 4 rings (SSSR count). The van der Waals surface area contributed by atoms with Crippen LogP contribution >= 0.6 is 45.9 Å². The van der Waals surface area contributed by atoms with Gasteiger partial charge in [0.25, 0.3) is 5.91 Å². The fraction of sp³-hybridized carbons (Fsp3) is 0.0625. The van der Waals surface area contributed by atoms with E-state index in [4.69, 9.17) is 23.2 Å². The third-order valence-corrected chi connectivity index (χ3v) is 6.31. The quantitative estimate of drug-likeness (QED) is 0.461. The minimum Gasteiger partial charge on any atom is -0.318 e. The predicted molar refractivity (Wildman–Crippen MR) is 100 cm³/mol. The van der Waals surface area contributed by atoms with Crippen LogP contribution in [0.5, 0.6) is 0 Å². The molecule has 120 valence electrons. The fourth-order valence-electron chi connectivity index (χ4n) is 2.42. The highest BCUT2D eigenvalue weighted by molar-refractivity contribution is 7.17. The van der Waals surface area contributed by atoms with Crippen LogP contribution in [0.25, 0.3) is 20.4 Å². The van der Waals surface area contributed by atoms with Crippen LogP contribution in [0, 0.1) is 0 Å². The van der Waals surface area contributed by atoms with Gasteiger partial charge in [-0.3, -0.25) is 4.79 Å². The lowest BCUT2D eigenvalue weighted by Gasteiger charge is -1.99. The largest absolute Gasteiger partial charge is 0.318 e. The summed E-state index contributed by atoms with van der Waals surface area (Å²) in [5.41, 5.74) is 3.94. The van der Waals surface area contributed by atoms with E-state index in [1.807, 2.05) is 19.2 Å². The van der Waals surface area contributed by atoms with E-state index in [1.165, 1.54) is 22.7 Å². The summed E-state index contributed by atoms with van der Waals surface area (Å²) in [5.74, 6) is -0.306. The maximum atomic E-state index is 12.5. The van der Waals surface area contributed by atoms with Gasteiger partial charge in [0.2, 0.25) is 0 Å². The number of carbonyl (C=O) groups is 1. The zero-order valence-electron chi connectivity index (χ0n) is 12.3. The topological polar surface area (TPSA) is 47.2 Å². The number of benzene rings is 2. The lowest BCUT2D eigenvalue weighted by Crippen LogP contribution is -2.13. The molecule has 0 saturated heterocycles. The average molecular weight is 394 g/mol. The normalized spacial score (nSPS) is 12.4. The molecule has 2 heterocycles. The highest BCUT2D eigenvalue weighted by atomic mass is 35.5. The first-order valence-corrected chi connectivity index (χ1v) is 9.35. The molecule has 2 aromatic heterocycles. The van der Waals surface area contributed by atoms with Crippen LogP contribution in [0.2, 0.25) is 10.0 Å². The van der Waals surface area contributed by atoms with Gasteiger partial charge in [0.05, 0.1) is 36.0 Å². The molecule has 0 radical (unpaired) electrons. The van der Waals surface area contributed by atoms with Crippen LogP contribution in [-0.2, 0) is 7.05 Å². The molecule has 0 atom stereocenters. The van der Waals surface area contributed by atoms with Crippen molar-refractivity contribution in [3.8, 4) is 0 Å². The van der Waals surface area contributed by atoms with E-state index in [1.54, 1.807) is 28.3 Å². The Morgan fingerprint density at radius 3 is 2.79 bits per heavy atom. The van der Waals surface area contributed by atoms with E-state index >= 15 is 0 Å². The molecule has 8 heteroatoms. The number of thiazole rings is 2. The van der Waals surface area contributed by atoms with E-state index < -0.39 is 0 Å². The van der Waals surface area contributed by atoms with Crippen LogP contribution < -0.4 is 4.80 Å². The summed E-state index contributed by atoms with van der Waals surface area (Å²) < 4.78 is 3.57. The second kappa shape index (κ2) is 5.97. The molecule has 2 aromatic carbocycles. The molecule has 0 unspecified atom stereocenters. The number of aryl methyl sites for hydroxylation is 1. The summed E-state index contributed by atoms with van der Waals surface area (Å²) in [6.45, 7) is 0. The summed E-state index contributed by atoms with van der Waals surface area (Å²) in [6.07, 6.45) is 0. The lowest BCUT2D eigenvalue weighted by atomic mass is 10.2. The Hall–Kier alpha value is -1.73. The first-order chi connectivity index (χ1) is 11.5. The predicted octanol–water partition coefficient (Wildman–Crippen LogP) is 4.90. The van der Waals surface area contributed by atoms with Crippen molar-refractivity contribution in [1.82, 2.24) is 9.55 Å². The van der Waals surface area contributed by atoms with Crippen molar-refractivity contribution in [3.63, 3.8) is 0 Å². The summed E-state index contributed by atoms with van der Waals surface area (Å²) in [6, 6.07) is 8.86. The van der Waals surface area contributed by atoms with Crippen molar-refractivity contribution in [2.24, 2.45) is 12.0 Å². The molecule has 0 aliphatic rings. The monoisotopic (exact) mass is 393 g/mol. The Balaban J connectivity index is 1.87. The van der Waals surface area contributed by atoms with Crippen molar-refractivity contribution in [3.05, 3.63) is 56.3 Å². The second-order valence-electron chi connectivity index (χ2n) is 5.10. The third kappa shape index (κ3) is 2.56. The Morgan fingerprint density at radius 2 is 2.00 bits per heavy atom. The molecule has 0 fully saturated rings. The van der Waals surface area contributed by atoms with Crippen molar-refractivity contribution in [1.29, 1.82) is 0 Å². The number of amides is 1.